The molecule has 3 radical (unpaired) electrons. The van der Waals surface area contributed by atoms with E-state index >= 15 is 0 Å². The zero-order valence-corrected chi connectivity index (χ0v) is 30.5. The van der Waals surface area contributed by atoms with Crippen molar-refractivity contribution in [2.45, 2.75) is 233 Å². The molecule has 0 aromatic heterocycles. The van der Waals surface area contributed by atoms with E-state index in [0.717, 1.165) is 0 Å². The first-order valence-corrected chi connectivity index (χ1v) is 20.1. The van der Waals surface area contributed by atoms with Crippen LogP contribution in [-0.4, -0.2) is 39.1 Å². The summed E-state index contributed by atoms with van der Waals surface area (Å²) in [6, 6.07) is 0. The Morgan fingerprint density at radius 3 is 0.524 bits per heavy atom. The SMILES string of the molecule is CCCCCCCCCC[N+](CCCCCCCCCC)(CCCCCCCCCC)CCCCCCCCCC.[B]. The van der Waals surface area contributed by atoms with Gasteiger partial charge in [0.15, 0.2) is 0 Å². The number of hydrogen-bond acceptors (Lipinski definition) is 0. The molecular formula is C40H84BN+. The Labute approximate surface area is 271 Å². The largest absolute Gasteiger partial charge is 0.324 e. The van der Waals surface area contributed by atoms with E-state index in [2.05, 4.69) is 27.7 Å². The summed E-state index contributed by atoms with van der Waals surface area (Å²) < 4.78 is 1.48. The van der Waals surface area contributed by atoms with E-state index in [1.54, 1.807) is 0 Å². The van der Waals surface area contributed by atoms with Crippen molar-refractivity contribution in [3.05, 3.63) is 0 Å². The lowest BCUT2D eigenvalue weighted by molar-refractivity contribution is -0.929. The molecule has 0 atom stereocenters. The van der Waals surface area contributed by atoms with Gasteiger partial charge in [-0.05, 0) is 51.4 Å². The number of rotatable bonds is 36. The van der Waals surface area contributed by atoms with Crippen LogP contribution < -0.4 is 0 Å². The molecule has 0 saturated carbocycles. The van der Waals surface area contributed by atoms with Crippen LogP contribution in [0, 0.1) is 0 Å². The number of hydrogen-bond donors (Lipinski definition) is 0. The second-order valence-electron chi connectivity index (χ2n) is 14.1. The molecule has 2 heteroatoms. The van der Waals surface area contributed by atoms with E-state index in [4.69, 9.17) is 0 Å². The molecule has 0 aliphatic heterocycles. The van der Waals surface area contributed by atoms with Gasteiger partial charge in [-0.15, -0.1) is 0 Å². The first-order valence-electron chi connectivity index (χ1n) is 20.1. The fourth-order valence-electron chi connectivity index (χ4n) is 7.00. The zero-order valence-electron chi connectivity index (χ0n) is 30.5. The standard InChI is InChI=1S/C40H84N.B/c1-5-9-13-17-21-25-29-33-37-41(38-34-30-26-22-18-14-10-6-2,39-35-31-27-23-19-15-11-7-3)40-36-32-28-24-20-16-12-8-4;/h5-40H2,1-4H3;/q+1;. The molecular weight excluding hydrogens is 505 g/mol. The summed E-state index contributed by atoms with van der Waals surface area (Å²) >= 11 is 0. The molecule has 0 aliphatic carbocycles. The van der Waals surface area contributed by atoms with Crippen LogP contribution in [0.4, 0.5) is 0 Å². The van der Waals surface area contributed by atoms with E-state index in [-0.39, 0.29) is 8.41 Å². The minimum atomic E-state index is 0. The minimum Gasteiger partial charge on any atom is -0.324 e. The van der Waals surface area contributed by atoms with Crippen LogP contribution in [0.3, 0.4) is 0 Å². The Kier molecular flexibility index (Phi) is 39.1. The summed E-state index contributed by atoms with van der Waals surface area (Å²) in [4.78, 5) is 0. The molecule has 0 unspecified atom stereocenters. The molecule has 0 spiro atoms. The maximum absolute atomic E-state index is 2.34. The fraction of sp³-hybridized carbons (Fsp3) is 1.00. The van der Waals surface area contributed by atoms with Crippen LogP contribution in [0.5, 0.6) is 0 Å². The van der Waals surface area contributed by atoms with Gasteiger partial charge in [-0.1, -0.05) is 182 Å². The molecule has 0 saturated heterocycles. The van der Waals surface area contributed by atoms with Gasteiger partial charge >= 0.3 is 0 Å². The van der Waals surface area contributed by atoms with Gasteiger partial charge in [-0.3, -0.25) is 0 Å². The maximum Gasteiger partial charge on any atom is 0.0786 e. The molecule has 0 heterocycles. The first kappa shape index (κ1) is 44.2. The third-order valence-corrected chi connectivity index (χ3v) is 9.94. The highest BCUT2D eigenvalue weighted by Crippen LogP contribution is 2.21. The minimum absolute atomic E-state index is 0. The molecule has 0 N–H and O–H groups in total. The molecule has 0 amide bonds. The van der Waals surface area contributed by atoms with E-state index in [0.29, 0.717) is 0 Å². The third-order valence-electron chi connectivity index (χ3n) is 9.94. The Bertz CT molecular complexity index is 379. The summed E-state index contributed by atoms with van der Waals surface area (Å²) in [5.74, 6) is 0. The van der Waals surface area contributed by atoms with Gasteiger partial charge in [0, 0.05) is 8.41 Å². The van der Waals surface area contributed by atoms with E-state index < -0.39 is 0 Å². The van der Waals surface area contributed by atoms with Crippen molar-refractivity contribution in [2.75, 3.05) is 26.2 Å². The van der Waals surface area contributed by atoms with Crippen molar-refractivity contribution in [2.24, 2.45) is 0 Å². The molecule has 0 aromatic rings. The van der Waals surface area contributed by atoms with Gasteiger partial charge in [-0.25, -0.2) is 0 Å². The lowest BCUT2D eigenvalue weighted by Crippen LogP contribution is -2.50. The average molecular weight is 590 g/mol. The Morgan fingerprint density at radius 2 is 0.357 bits per heavy atom. The molecule has 251 valence electrons. The van der Waals surface area contributed by atoms with E-state index in [1.807, 2.05) is 0 Å². The molecule has 42 heavy (non-hydrogen) atoms. The summed E-state index contributed by atoms with van der Waals surface area (Å²) in [6.07, 6.45) is 46.7. The van der Waals surface area contributed by atoms with Crippen molar-refractivity contribution in [3.63, 3.8) is 0 Å². The normalized spacial score (nSPS) is 11.7. The van der Waals surface area contributed by atoms with Gasteiger partial charge in [-0.2, -0.15) is 0 Å². The highest BCUT2D eigenvalue weighted by atomic mass is 15.3. The monoisotopic (exact) mass is 590 g/mol. The van der Waals surface area contributed by atoms with Gasteiger partial charge in [0.05, 0.1) is 26.2 Å². The highest BCUT2D eigenvalue weighted by molar-refractivity contribution is 5.75. The van der Waals surface area contributed by atoms with Gasteiger partial charge in [0.25, 0.3) is 0 Å². The van der Waals surface area contributed by atoms with E-state index in [9.17, 15) is 0 Å². The van der Waals surface area contributed by atoms with Crippen molar-refractivity contribution in [1.29, 1.82) is 0 Å². The summed E-state index contributed by atoms with van der Waals surface area (Å²) in [5, 5.41) is 0. The van der Waals surface area contributed by atoms with Gasteiger partial charge in [0.1, 0.15) is 0 Å². The summed E-state index contributed by atoms with van der Waals surface area (Å²) in [7, 11) is 0. The first-order chi connectivity index (χ1) is 20.2. The molecule has 1 nitrogen and oxygen atoms in total. The Hall–Kier alpha value is 0.0249. The van der Waals surface area contributed by atoms with Crippen LogP contribution >= 0.6 is 0 Å². The van der Waals surface area contributed by atoms with Crippen molar-refractivity contribution >= 4 is 8.41 Å². The summed E-state index contributed by atoms with van der Waals surface area (Å²) in [6.45, 7) is 15.3. The molecule has 0 aliphatic rings. The maximum atomic E-state index is 2.34. The van der Waals surface area contributed by atoms with Crippen LogP contribution in [0.15, 0.2) is 0 Å². The van der Waals surface area contributed by atoms with Gasteiger partial charge < -0.3 is 4.48 Å². The predicted molar refractivity (Wildman–Crippen MR) is 196 cm³/mol. The number of nitrogens with zero attached hydrogens (tertiary/aromatic N) is 1. The van der Waals surface area contributed by atoms with E-state index in [1.165, 1.54) is 236 Å². The summed E-state index contributed by atoms with van der Waals surface area (Å²) in [5.41, 5.74) is 0. The smallest absolute Gasteiger partial charge is 0.0786 e. The van der Waals surface area contributed by atoms with Crippen LogP contribution in [0.2, 0.25) is 0 Å². The highest BCUT2D eigenvalue weighted by Gasteiger charge is 2.25. The van der Waals surface area contributed by atoms with Gasteiger partial charge in [0.2, 0.25) is 0 Å². The van der Waals surface area contributed by atoms with Crippen molar-refractivity contribution in [1.82, 2.24) is 0 Å². The third kappa shape index (κ3) is 31.4. The van der Waals surface area contributed by atoms with Crippen molar-refractivity contribution in [3.8, 4) is 0 Å². The van der Waals surface area contributed by atoms with Crippen LogP contribution in [-0.2, 0) is 0 Å². The Balaban J connectivity index is 0. The Morgan fingerprint density at radius 1 is 0.214 bits per heavy atom. The second-order valence-corrected chi connectivity index (χ2v) is 14.1. The van der Waals surface area contributed by atoms with Crippen molar-refractivity contribution < 1.29 is 4.48 Å². The fourth-order valence-corrected chi connectivity index (χ4v) is 7.00. The lowest BCUT2D eigenvalue weighted by atomic mass is 10.0. The topological polar surface area (TPSA) is 0 Å². The second kappa shape index (κ2) is 37.2. The zero-order chi connectivity index (χ0) is 30.0. The quantitative estimate of drug-likeness (QED) is 0.0387. The van der Waals surface area contributed by atoms with Crippen LogP contribution in [0.1, 0.15) is 233 Å². The number of quaternary nitrogens is 1. The molecule has 0 aromatic carbocycles. The van der Waals surface area contributed by atoms with Crippen LogP contribution in [0.25, 0.3) is 0 Å². The molecule has 0 bridgehead atoms. The number of unbranched alkanes of at least 4 members (excludes halogenated alkanes) is 28. The average Bonchev–Trinajstić information content (AvgIpc) is 2.98. The molecule has 0 fully saturated rings. The lowest BCUT2D eigenvalue weighted by Gasteiger charge is -2.40. The molecule has 0 rings (SSSR count). The predicted octanol–water partition coefficient (Wildman–Crippen LogP) is 14.0.